The van der Waals surface area contributed by atoms with E-state index in [1.807, 2.05) is 13.8 Å². The highest BCUT2D eigenvalue weighted by atomic mass is 35.5. The molecule has 0 aromatic carbocycles. The van der Waals surface area contributed by atoms with Crippen LogP contribution in [0.15, 0.2) is 24.4 Å². The number of nitrogens with one attached hydrogen (secondary N) is 3. The van der Waals surface area contributed by atoms with Crippen molar-refractivity contribution < 1.29 is 19.4 Å². The topological polar surface area (TPSA) is 113 Å². The fourth-order valence-corrected chi connectivity index (χ4v) is 2.61. The third kappa shape index (κ3) is 8.75. The molecule has 1 aliphatic heterocycles. The summed E-state index contributed by atoms with van der Waals surface area (Å²) < 4.78 is 5.13. The fourth-order valence-electron chi connectivity index (χ4n) is 2.61. The number of hydrogen-bond donors (Lipinski definition) is 4. The number of aliphatic hydroxyl groups is 1. The average Bonchev–Trinajstić information content (AvgIpc) is 2.98. The second-order valence-corrected chi connectivity index (χ2v) is 6.56. The maximum atomic E-state index is 12.5. The molecule has 1 aromatic rings. The second kappa shape index (κ2) is 12.7. The van der Waals surface area contributed by atoms with Crippen molar-refractivity contribution >= 4 is 36.8 Å². The zero-order valence-corrected chi connectivity index (χ0v) is 17.0. The molecule has 2 rings (SSSR count). The lowest BCUT2D eigenvalue weighted by Gasteiger charge is -2.23. The van der Waals surface area contributed by atoms with Crippen LogP contribution in [0.1, 0.15) is 26.0 Å². The highest BCUT2D eigenvalue weighted by Crippen LogP contribution is 2.08. The van der Waals surface area contributed by atoms with Crippen molar-refractivity contribution in [3.8, 4) is 0 Å². The first-order valence-corrected chi connectivity index (χ1v) is 8.48. The predicted molar refractivity (Wildman–Crippen MR) is 106 cm³/mol. The van der Waals surface area contributed by atoms with Gasteiger partial charge in [-0.15, -0.1) is 24.8 Å². The van der Waals surface area contributed by atoms with Crippen LogP contribution < -0.4 is 16.0 Å². The molecule has 27 heavy (non-hydrogen) atoms. The number of alkyl carbamates (subject to hydrolysis) is 1. The number of pyridine rings is 1. The van der Waals surface area contributed by atoms with Crippen molar-refractivity contribution in [1.29, 1.82) is 0 Å². The molecule has 2 amide bonds. The largest absolute Gasteiger partial charge is 0.443 e. The molecule has 0 aliphatic carbocycles. The van der Waals surface area contributed by atoms with E-state index in [1.54, 1.807) is 24.4 Å². The van der Waals surface area contributed by atoms with E-state index in [1.165, 1.54) is 0 Å². The maximum absolute atomic E-state index is 12.5. The summed E-state index contributed by atoms with van der Waals surface area (Å²) in [6, 6.07) is 4.26. The Hall–Kier alpha value is -1.61. The van der Waals surface area contributed by atoms with Crippen LogP contribution in [0.4, 0.5) is 4.79 Å². The molecular formula is C17H28Cl2N4O4. The Bertz CT molecular complexity index is 577. The van der Waals surface area contributed by atoms with E-state index in [4.69, 9.17) is 4.74 Å². The summed E-state index contributed by atoms with van der Waals surface area (Å²) in [5.41, 5.74) is 0.627. The van der Waals surface area contributed by atoms with Gasteiger partial charge in [0.15, 0.2) is 0 Å². The third-order valence-corrected chi connectivity index (χ3v) is 3.90. The number of β-amino-alcohol motifs (C(OH)–C–C–N with tert-alkyl or cyclic N) is 1. The van der Waals surface area contributed by atoms with E-state index in [2.05, 4.69) is 20.9 Å². The predicted octanol–water partition coefficient (Wildman–Crippen LogP) is 1.01. The minimum atomic E-state index is -0.718. The Morgan fingerprint density at radius 1 is 1.33 bits per heavy atom. The van der Waals surface area contributed by atoms with Gasteiger partial charge in [0.05, 0.1) is 17.8 Å². The molecule has 154 valence electrons. The Labute approximate surface area is 171 Å². The van der Waals surface area contributed by atoms with Crippen LogP contribution in [0.5, 0.6) is 0 Å². The van der Waals surface area contributed by atoms with Crippen LogP contribution in [-0.2, 0) is 16.1 Å². The van der Waals surface area contributed by atoms with E-state index in [0.29, 0.717) is 25.2 Å². The lowest BCUT2D eigenvalue weighted by atomic mass is 10.0. The first-order valence-electron chi connectivity index (χ1n) is 8.48. The Balaban J connectivity index is 0.00000338. The smallest absolute Gasteiger partial charge is 0.408 e. The van der Waals surface area contributed by atoms with Gasteiger partial charge < -0.3 is 25.8 Å². The zero-order chi connectivity index (χ0) is 18.2. The Kier molecular flexibility index (Phi) is 12.0. The summed E-state index contributed by atoms with van der Waals surface area (Å²) in [7, 11) is 0. The highest BCUT2D eigenvalue weighted by molar-refractivity contribution is 5.86. The molecule has 0 radical (unpaired) electrons. The molecule has 1 saturated heterocycles. The van der Waals surface area contributed by atoms with Crippen LogP contribution in [0.2, 0.25) is 0 Å². The van der Waals surface area contributed by atoms with Gasteiger partial charge in [-0.25, -0.2) is 4.79 Å². The zero-order valence-electron chi connectivity index (χ0n) is 15.4. The van der Waals surface area contributed by atoms with Gasteiger partial charge in [0, 0.05) is 19.3 Å². The van der Waals surface area contributed by atoms with E-state index < -0.39 is 18.2 Å². The van der Waals surface area contributed by atoms with Gasteiger partial charge in [-0.2, -0.15) is 0 Å². The van der Waals surface area contributed by atoms with Gasteiger partial charge in [0.25, 0.3) is 0 Å². The first kappa shape index (κ1) is 25.4. The Morgan fingerprint density at radius 3 is 2.63 bits per heavy atom. The van der Waals surface area contributed by atoms with Crippen molar-refractivity contribution in [2.24, 2.45) is 5.92 Å². The van der Waals surface area contributed by atoms with E-state index in [0.717, 1.165) is 0 Å². The number of halogens is 2. The van der Waals surface area contributed by atoms with Crippen LogP contribution >= 0.6 is 24.8 Å². The summed E-state index contributed by atoms with van der Waals surface area (Å²) in [6.07, 6.45) is 0.796. The Morgan fingerprint density at radius 2 is 2.07 bits per heavy atom. The maximum Gasteiger partial charge on any atom is 0.408 e. The molecule has 3 atom stereocenters. The number of ether oxygens (including phenoxy) is 1. The highest BCUT2D eigenvalue weighted by Gasteiger charge is 2.30. The number of amides is 2. The van der Waals surface area contributed by atoms with Crippen LogP contribution in [-0.4, -0.2) is 53.4 Å². The number of aromatic nitrogens is 1. The molecule has 0 spiro atoms. The standard InChI is InChI=1S/C17H26N4O4.2ClH/c1-11(2)7-13(16(23)20-14-8-18-9-15(14)22)21-17(24)25-10-12-5-3-4-6-19-12;;/h3-6,11,13-15,18,22H,7-10H2,1-2H3,(H,20,23)(H,21,24);2*1H/t13-,14?,15?;;/m0../s1. The normalized spacial score (nSPS) is 19.4. The number of hydrogen-bond acceptors (Lipinski definition) is 6. The fraction of sp³-hybridized carbons (Fsp3) is 0.588. The van der Waals surface area contributed by atoms with Crippen LogP contribution in [0, 0.1) is 5.92 Å². The lowest BCUT2D eigenvalue weighted by molar-refractivity contribution is -0.124. The minimum absolute atomic E-state index is 0. The first-order chi connectivity index (χ1) is 12.0. The summed E-state index contributed by atoms with van der Waals surface area (Å²) in [4.78, 5) is 28.5. The number of carbonyl (C=O) groups excluding carboxylic acids is 2. The van der Waals surface area contributed by atoms with Crippen molar-refractivity contribution in [2.75, 3.05) is 13.1 Å². The molecule has 4 N–H and O–H groups in total. The van der Waals surface area contributed by atoms with Gasteiger partial charge in [0.1, 0.15) is 12.6 Å². The number of rotatable bonds is 7. The minimum Gasteiger partial charge on any atom is -0.443 e. The third-order valence-electron chi connectivity index (χ3n) is 3.90. The molecule has 1 aromatic heterocycles. The van der Waals surface area contributed by atoms with Crippen LogP contribution in [0.25, 0.3) is 0 Å². The average molecular weight is 423 g/mol. The van der Waals surface area contributed by atoms with E-state index in [-0.39, 0.29) is 49.3 Å². The lowest BCUT2D eigenvalue weighted by Crippen LogP contribution is -2.52. The number of aliphatic hydroxyl groups excluding tert-OH is 1. The molecule has 0 saturated carbocycles. The number of nitrogens with zero attached hydrogens (tertiary/aromatic N) is 1. The van der Waals surface area contributed by atoms with E-state index >= 15 is 0 Å². The van der Waals surface area contributed by atoms with Crippen molar-refractivity contribution in [1.82, 2.24) is 20.9 Å². The summed E-state index contributed by atoms with van der Waals surface area (Å²) in [5.74, 6) is -0.116. The van der Waals surface area contributed by atoms with Crippen molar-refractivity contribution in [3.05, 3.63) is 30.1 Å². The van der Waals surface area contributed by atoms with Crippen molar-refractivity contribution in [2.45, 2.75) is 45.1 Å². The molecule has 0 bridgehead atoms. The van der Waals surface area contributed by atoms with Gasteiger partial charge in [0.2, 0.25) is 5.91 Å². The van der Waals surface area contributed by atoms with Gasteiger partial charge in [-0.3, -0.25) is 9.78 Å². The monoisotopic (exact) mass is 422 g/mol. The molecule has 8 nitrogen and oxygen atoms in total. The molecule has 1 aliphatic rings. The number of carbonyl (C=O) groups is 2. The summed E-state index contributed by atoms with van der Waals surface area (Å²) in [6.45, 7) is 4.92. The van der Waals surface area contributed by atoms with Crippen LogP contribution in [0.3, 0.4) is 0 Å². The van der Waals surface area contributed by atoms with Crippen molar-refractivity contribution in [3.63, 3.8) is 0 Å². The molecular weight excluding hydrogens is 395 g/mol. The quantitative estimate of drug-likeness (QED) is 0.521. The second-order valence-electron chi connectivity index (χ2n) is 6.56. The molecule has 2 unspecified atom stereocenters. The summed E-state index contributed by atoms with van der Waals surface area (Å²) >= 11 is 0. The summed E-state index contributed by atoms with van der Waals surface area (Å²) in [5, 5.41) is 18.2. The van der Waals surface area contributed by atoms with E-state index in [9.17, 15) is 14.7 Å². The SMILES string of the molecule is CC(C)C[C@H](NC(=O)OCc1ccccn1)C(=O)NC1CNCC1O.Cl.Cl. The van der Waals surface area contributed by atoms with Gasteiger partial charge >= 0.3 is 6.09 Å². The van der Waals surface area contributed by atoms with Gasteiger partial charge in [-0.1, -0.05) is 19.9 Å². The molecule has 1 fully saturated rings. The molecule has 10 heteroatoms. The molecule has 2 heterocycles. The van der Waals surface area contributed by atoms with Gasteiger partial charge in [-0.05, 0) is 24.5 Å².